The largest absolute Gasteiger partial charge is 0.320 e. The Kier molecular flexibility index (Phi) is 5.40. The Labute approximate surface area is 82.5 Å². The minimum absolute atomic E-state index is 0.776. The molecule has 0 saturated carbocycles. The summed E-state index contributed by atoms with van der Waals surface area (Å²) in [6, 6.07) is 0.776. The van der Waals surface area contributed by atoms with Gasteiger partial charge in [0.25, 0.3) is 0 Å². The van der Waals surface area contributed by atoms with Gasteiger partial charge in [-0.2, -0.15) is 0 Å². The van der Waals surface area contributed by atoms with Gasteiger partial charge >= 0.3 is 0 Å². The third-order valence-corrected chi connectivity index (χ3v) is 3.04. The van der Waals surface area contributed by atoms with Crippen LogP contribution in [0.15, 0.2) is 0 Å². The first-order valence-corrected chi connectivity index (χ1v) is 5.74. The monoisotopic (exact) mass is 184 g/mol. The van der Waals surface area contributed by atoms with E-state index in [1.54, 1.807) is 0 Å². The zero-order valence-electron chi connectivity index (χ0n) is 9.10. The topological polar surface area (TPSA) is 24.1 Å². The summed E-state index contributed by atoms with van der Waals surface area (Å²) in [5.74, 6) is 0.994. The zero-order valence-corrected chi connectivity index (χ0v) is 9.10. The van der Waals surface area contributed by atoms with E-state index in [0.717, 1.165) is 18.5 Å². The van der Waals surface area contributed by atoms with Crippen molar-refractivity contribution in [1.29, 1.82) is 0 Å². The van der Waals surface area contributed by atoms with Gasteiger partial charge in [0.05, 0.1) is 0 Å². The molecule has 2 nitrogen and oxygen atoms in total. The average molecular weight is 184 g/mol. The number of hydrogen-bond acceptors (Lipinski definition) is 2. The lowest BCUT2D eigenvalue weighted by molar-refractivity contribution is 0.276. The number of nitrogens with one attached hydrogen (secondary N) is 2. The van der Waals surface area contributed by atoms with Gasteiger partial charge in [0.2, 0.25) is 0 Å². The normalized spacial score (nSPS) is 29.1. The molecule has 0 aliphatic carbocycles. The van der Waals surface area contributed by atoms with Crippen LogP contribution in [0.4, 0.5) is 0 Å². The molecule has 1 aliphatic heterocycles. The second kappa shape index (κ2) is 6.39. The highest BCUT2D eigenvalue weighted by Gasteiger charge is 2.19. The highest BCUT2D eigenvalue weighted by atomic mass is 14.9. The second-order valence-electron chi connectivity index (χ2n) is 4.22. The summed E-state index contributed by atoms with van der Waals surface area (Å²) in [6.45, 7) is 4.68. The molecule has 1 saturated heterocycles. The van der Waals surface area contributed by atoms with Crippen molar-refractivity contribution in [3.63, 3.8) is 0 Å². The van der Waals surface area contributed by atoms with Crippen LogP contribution in [0.25, 0.3) is 0 Å². The minimum atomic E-state index is 0.776. The summed E-state index contributed by atoms with van der Waals surface area (Å²) in [5, 5.41) is 6.82. The summed E-state index contributed by atoms with van der Waals surface area (Å²) in [7, 11) is 2.03. The summed E-state index contributed by atoms with van der Waals surface area (Å²) >= 11 is 0. The molecule has 0 radical (unpaired) electrons. The Bertz CT molecular complexity index is 123. The van der Waals surface area contributed by atoms with Crippen molar-refractivity contribution in [3.8, 4) is 0 Å². The molecule has 0 aromatic rings. The molecule has 1 fully saturated rings. The van der Waals surface area contributed by atoms with Gasteiger partial charge < -0.3 is 10.6 Å². The summed E-state index contributed by atoms with van der Waals surface area (Å²) in [6.07, 6.45) is 6.86. The molecule has 78 valence electrons. The lowest BCUT2D eigenvalue weighted by Gasteiger charge is -2.30. The fourth-order valence-corrected chi connectivity index (χ4v) is 2.30. The third kappa shape index (κ3) is 4.10. The molecule has 1 rings (SSSR count). The van der Waals surface area contributed by atoms with Crippen molar-refractivity contribution in [2.45, 2.75) is 45.1 Å². The van der Waals surface area contributed by atoms with Crippen LogP contribution < -0.4 is 10.6 Å². The Hall–Kier alpha value is -0.0800. The van der Waals surface area contributed by atoms with Crippen LogP contribution in [0.3, 0.4) is 0 Å². The highest BCUT2D eigenvalue weighted by Crippen LogP contribution is 2.22. The molecule has 2 heteroatoms. The number of hydrogen-bond donors (Lipinski definition) is 2. The fraction of sp³-hybridized carbons (Fsp3) is 1.00. The van der Waals surface area contributed by atoms with Gasteiger partial charge in [0.15, 0.2) is 0 Å². The molecule has 0 spiro atoms. The maximum Gasteiger partial charge on any atom is 0.00817 e. The molecule has 0 bridgehead atoms. The molecular formula is C11H24N2. The third-order valence-electron chi connectivity index (χ3n) is 3.04. The molecule has 2 atom stereocenters. The van der Waals surface area contributed by atoms with E-state index in [4.69, 9.17) is 0 Å². The molecular weight excluding hydrogens is 160 g/mol. The molecule has 2 unspecified atom stereocenters. The Morgan fingerprint density at radius 3 is 2.92 bits per heavy atom. The standard InChI is InChI=1S/C11H24N2/c1-3-4-10-5-8-13-11(9-10)6-7-12-2/h10-13H,3-9H2,1-2H3. The molecule has 0 aromatic heterocycles. The molecule has 0 aromatic carbocycles. The van der Waals surface area contributed by atoms with Crippen molar-refractivity contribution in [2.75, 3.05) is 20.1 Å². The van der Waals surface area contributed by atoms with E-state index in [-0.39, 0.29) is 0 Å². The summed E-state index contributed by atoms with van der Waals surface area (Å²) in [4.78, 5) is 0. The van der Waals surface area contributed by atoms with E-state index in [1.165, 1.54) is 38.6 Å². The van der Waals surface area contributed by atoms with Crippen molar-refractivity contribution in [2.24, 2.45) is 5.92 Å². The molecule has 1 aliphatic rings. The SMILES string of the molecule is CCCC1CCNC(CCNC)C1. The summed E-state index contributed by atoms with van der Waals surface area (Å²) < 4.78 is 0. The average Bonchev–Trinajstić information content (AvgIpc) is 2.16. The van der Waals surface area contributed by atoms with Gasteiger partial charge in [-0.1, -0.05) is 19.8 Å². The first kappa shape index (κ1) is 11.0. The second-order valence-corrected chi connectivity index (χ2v) is 4.22. The van der Waals surface area contributed by atoms with E-state index >= 15 is 0 Å². The van der Waals surface area contributed by atoms with E-state index < -0.39 is 0 Å². The van der Waals surface area contributed by atoms with Gasteiger partial charge in [-0.05, 0) is 45.3 Å². The van der Waals surface area contributed by atoms with Crippen LogP contribution in [0.2, 0.25) is 0 Å². The van der Waals surface area contributed by atoms with Gasteiger partial charge in [-0.25, -0.2) is 0 Å². The lowest BCUT2D eigenvalue weighted by Crippen LogP contribution is -2.39. The minimum Gasteiger partial charge on any atom is -0.320 e. The van der Waals surface area contributed by atoms with Crippen LogP contribution in [0.5, 0.6) is 0 Å². The van der Waals surface area contributed by atoms with Crippen LogP contribution in [-0.4, -0.2) is 26.2 Å². The molecule has 2 N–H and O–H groups in total. The van der Waals surface area contributed by atoms with Crippen LogP contribution >= 0.6 is 0 Å². The molecule has 1 heterocycles. The maximum absolute atomic E-state index is 3.60. The van der Waals surface area contributed by atoms with E-state index in [0.29, 0.717) is 0 Å². The predicted octanol–water partition coefficient (Wildman–Crippen LogP) is 1.76. The van der Waals surface area contributed by atoms with Crippen LogP contribution in [0.1, 0.15) is 39.0 Å². The number of rotatable bonds is 5. The Balaban J connectivity index is 2.16. The molecule has 13 heavy (non-hydrogen) atoms. The van der Waals surface area contributed by atoms with Crippen LogP contribution in [0, 0.1) is 5.92 Å². The predicted molar refractivity (Wildman–Crippen MR) is 58.0 cm³/mol. The van der Waals surface area contributed by atoms with Crippen molar-refractivity contribution in [1.82, 2.24) is 10.6 Å². The van der Waals surface area contributed by atoms with Crippen molar-refractivity contribution in [3.05, 3.63) is 0 Å². The Morgan fingerprint density at radius 2 is 2.23 bits per heavy atom. The van der Waals surface area contributed by atoms with Gasteiger partial charge in [0, 0.05) is 6.04 Å². The van der Waals surface area contributed by atoms with Gasteiger partial charge in [-0.15, -0.1) is 0 Å². The first-order chi connectivity index (χ1) is 6.36. The van der Waals surface area contributed by atoms with E-state index in [9.17, 15) is 0 Å². The maximum atomic E-state index is 3.60. The smallest absolute Gasteiger partial charge is 0.00817 e. The fourth-order valence-electron chi connectivity index (χ4n) is 2.30. The highest BCUT2D eigenvalue weighted by molar-refractivity contribution is 4.78. The summed E-state index contributed by atoms with van der Waals surface area (Å²) in [5.41, 5.74) is 0. The lowest BCUT2D eigenvalue weighted by atomic mass is 9.88. The van der Waals surface area contributed by atoms with E-state index in [2.05, 4.69) is 17.6 Å². The van der Waals surface area contributed by atoms with E-state index in [1.807, 2.05) is 7.05 Å². The zero-order chi connectivity index (χ0) is 9.52. The van der Waals surface area contributed by atoms with Gasteiger partial charge in [-0.3, -0.25) is 0 Å². The quantitative estimate of drug-likeness (QED) is 0.680. The first-order valence-electron chi connectivity index (χ1n) is 5.74. The van der Waals surface area contributed by atoms with Crippen molar-refractivity contribution >= 4 is 0 Å². The Morgan fingerprint density at radius 1 is 1.38 bits per heavy atom. The van der Waals surface area contributed by atoms with Gasteiger partial charge in [0.1, 0.15) is 0 Å². The van der Waals surface area contributed by atoms with Crippen LogP contribution in [-0.2, 0) is 0 Å². The van der Waals surface area contributed by atoms with Crippen molar-refractivity contribution < 1.29 is 0 Å². The molecule has 0 amide bonds. The number of piperidine rings is 1.